The first-order valence-corrected chi connectivity index (χ1v) is 9.23. The molecule has 2 aliphatic rings. The number of anilines is 1. The van der Waals surface area contributed by atoms with E-state index >= 15 is 0 Å². The number of nitrogens with zero attached hydrogens (tertiary/aromatic N) is 4. The van der Waals surface area contributed by atoms with Crippen LogP contribution in [0.5, 0.6) is 0 Å². The number of aromatic nitrogens is 3. The van der Waals surface area contributed by atoms with Gasteiger partial charge in [0.2, 0.25) is 0 Å². The molecule has 1 aliphatic carbocycles. The highest BCUT2D eigenvalue weighted by atomic mass is 19.3. The van der Waals surface area contributed by atoms with Crippen molar-refractivity contribution in [3.8, 4) is 0 Å². The van der Waals surface area contributed by atoms with Crippen LogP contribution in [0.25, 0.3) is 0 Å². The lowest BCUT2D eigenvalue weighted by atomic mass is 10.2. The van der Waals surface area contributed by atoms with E-state index in [1.165, 1.54) is 0 Å². The number of esters is 1. The molecule has 0 amide bonds. The van der Waals surface area contributed by atoms with E-state index in [1.807, 2.05) is 17.0 Å². The Balaban J connectivity index is 1.49. The van der Waals surface area contributed by atoms with Crippen molar-refractivity contribution in [2.75, 3.05) is 31.7 Å². The summed E-state index contributed by atoms with van der Waals surface area (Å²) in [5.74, 6) is -3.38. The molecule has 2 atom stereocenters. The fourth-order valence-electron chi connectivity index (χ4n) is 3.75. The van der Waals surface area contributed by atoms with Crippen LogP contribution in [-0.2, 0) is 22.6 Å². The first-order valence-electron chi connectivity index (χ1n) is 9.23. The van der Waals surface area contributed by atoms with Crippen LogP contribution in [0, 0.1) is 11.8 Å². The summed E-state index contributed by atoms with van der Waals surface area (Å²) in [7, 11) is 1.58. The second-order valence-electron chi connectivity index (χ2n) is 7.15. The summed E-state index contributed by atoms with van der Waals surface area (Å²) in [6.45, 7) is 3.46. The Morgan fingerprint density at radius 3 is 2.75 bits per heavy atom. The van der Waals surface area contributed by atoms with Crippen molar-refractivity contribution in [3.05, 3.63) is 41.6 Å². The van der Waals surface area contributed by atoms with E-state index in [1.54, 1.807) is 31.1 Å². The second-order valence-corrected chi connectivity index (χ2v) is 7.15. The van der Waals surface area contributed by atoms with E-state index < -0.39 is 23.7 Å². The smallest absolute Gasteiger partial charge is 0.358 e. The minimum atomic E-state index is -2.51. The van der Waals surface area contributed by atoms with Gasteiger partial charge in [-0.2, -0.15) is 0 Å². The average molecular weight is 392 g/mol. The van der Waals surface area contributed by atoms with E-state index in [-0.39, 0.29) is 5.69 Å². The predicted octanol–water partition coefficient (Wildman–Crippen LogP) is 2.35. The Morgan fingerprint density at radius 2 is 2.07 bits per heavy atom. The largest absolute Gasteiger partial charge is 0.461 e. The summed E-state index contributed by atoms with van der Waals surface area (Å²) in [4.78, 5) is 22.4. The summed E-state index contributed by atoms with van der Waals surface area (Å²) < 4.78 is 38.9. The molecule has 2 aromatic heterocycles. The van der Waals surface area contributed by atoms with Gasteiger partial charge in [-0.3, -0.25) is 0 Å². The third-order valence-corrected chi connectivity index (χ3v) is 5.33. The molecule has 2 fully saturated rings. The molecule has 0 spiro atoms. The Hall–Kier alpha value is -2.55. The lowest BCUT2D eigenvalue weighted by Crippen LogP contribution is -2.28. The highest BCUT2D eigenvalue weighted by molar-refractivity contribution is 5.86. The molecule has 4 rings (SSSR count). The predicted molar refractivity (Wildman–Crippen MR) is 96.4 cm³/mol. The van der Waals surface area contributed by atoms with Gasteiger partial charge >= 0.3 is 5.97 Å². The van der Waals surface area contributed by atoms with Crippen molar-refractivity contribution < 1.29 is 23.0 Å². The first kappa shape index (κ1) is 18.8. The third-order valence-electron chi connectivity index (χ3n) is 5.33. The zero-order valence-corrected chi connectivity index (χ0v) is 15.8. The molecule has 7 nitrogen and oxygen atoms in total. The van der Waals surface area contributed by atoms with Gasteiger partial charge in [-0.25, -0.2) is 23.5 Å². The van der Waals surface area contributed by atoms with Gasteiger partial charge in [0.1, 0.15) is 5.82 Å². The average Bonchev–Trinajstić information content (AvgIpc) is 3.13. The van der Waals surface area contributed by atoms with Crippen LogP contribution in [0.2, 0.25) is 0 Å². The van der Waals surface area contributed by atoms with Crippen molar-refractivity contribution in [2.45, 2.75) is 26.0 Å². The molecule has 0 N–H and O–H groups in total. The molecular weight excluding hydrogens is 370 g/mol. The fraction of sp³-hybridized carbons (Fsp3) is 0.526. The number of ether oxygens (including phenoxy) is 2. The quantitative estimate of drug-likeness (QED) is 0.674. The van der Waals surface area contributed by atoms with Gasteiger partial charge in [-0.05, 0) is 18.6 Å². The van der Waals surface area contributed by atoms with Crippen LogP contribution in [0.4, 0.5) is 14.6 Å². The minimum Gasteiger partial charge on any atom is -0.461 e. The second kappa shape index (κ2) is 7.12. The van der Waals surface area contributed by atoms with Crippen LogP contribution >= 0.6 is 0 Å². The van der Waals surface area contributed by atoms with E-state index in [0.717, 1.165) is 11.3 Å². The SMILES string of the molecule is CCOC(=O)c1cn(Cc2ccc(N3CC4C(C3)C4(F)F)nc2COC)cn1. The van der Waals surface area contributed by atoms with Gasteiger partial charge in [0.15, 0.2) is 5.69 Å². The maximum atomic E-state index is 13.4. The number of imidazole rings is 1. The zero-order valence-electron chi connectivity index (χ0n) is 15.8. The monoisotopic (exact) mass is 392 g/mol. The number of halogens is 2. The van der Waals surface area contributed by atoms with Crippen molar-refractivity contribution >= 4 is 11.8 Å². The van der Waals surface area contributed by atoms with Crippen molar-refractivity contribution in [1.82, 2.24) is 14.5 Å². The minimum absolute atomic E-state index is 0.247. The number of hydrogen-bond acceptors (Lipinski definition) is 6. The topological polar surface area (TPSA) is 69.5 Å². The van der Waals surface area contributed by atoms with Crippen LogP contribution in [0.15, 0.2) is 24.7 Å². The van der Waals surface area contributed by atoms with Crippen LogP contribution in [0.1, 0.15) is 28.7 Å². The molecule has 1 saturated heterocycles. The van der Waals surface area contributed by atoms with E-state index in [9.17, 15) is 13.6 Å². The van der Waals surface area contributed by atoms with Crippen molar-refractivity contribution in [2.24, 2.45) is 11.8 Å². The van der Waals surface area contributed by atoms with Crippen LogP contribution < -0.4 is 4.90 Å². The van der Waals surface area contributed by atoms with Gasteiger partial charge in [-0.1, -0.05) is 6.07 Å². The van der Waals surface area contributed by atoms with E-state index in [2.05, 4.69) is 9.97 Å². The molecule has 1 aliphatic heterocycles. The number of pyridine rings is 1. The summed E-state index contributed by atoms with van der Waals surface area (Å²) in [5.41, 5.74) is 1.89. The number of rotatable bonds is 7. The van der Waals surface area contributed by atoms with Gasteiger partial charge in [0.25, 0.3) is 5.92 Å². The number of carbonyl (C=O) groups excluding carboxylic acids is 1. The Kier molecular flexibility index (Phi) is 4.78. The van der Waals surface area contributed by atoms with Crippen molar-refractivity contribution in [3.63, 3.8) is 0 Å². The first-order chi connectivity index (χ1) is 13.4. The molecular formula is C19H22F2N4O3. The summed E-state index contributed by atoms with van der Waals surface area (Å²) in [6.07, 6.45) is 3.19. The number of fused-ring (bicyclic) bond motifs is 1. The lowest BCUT2D eigenvalue weighted by molar-refractivity contribution is 0.0520. The Labute approximate surface area is 161 Å². The molecule has 150 valence electrons. The normalized spacial score (nSPS) is 22.2. The van der Waals surface area contributed by atoms with E-state index in [0.29, 0.717) is 38.7 Å². The van der Waals surface area contributed by atoms with Crippen molar-refractivity contribution in [1.29, 1.82) is 0 Å². The number of alkyl halides is 2. The fourth-order valence-corrected chi connectivity index (χ4v) is 3.75. The third kappa shape index (κ3) is 3.34. The molecule has 3 heterocycles. The van der Waals surface area contributed by atoms with Gasteiger partial charge in [0, 0.05) is 26.4 Å². The highest BCUT2D eigenvalue weighted by Gasteiger charge is 2.71. The maximum Gasteiger partial charge on any atom is 0.358 e. The molecule has 2 unspecified atom stereocenters. The molecule has 9 heteroatoms. The highest BCUT2D eigenvalue weighted by Crippen LogP contribution is 2.59. The maximum absolute atomic E-state index is 13.4. The number of hydrogen-bond donors (Lipinski definition) is 0. The Bertz CT molecular complexity index is 872. The number of piperidine rings is 1. The number of methoxy groups -OCH3 is 1. The molecule has 28 heavy (non-hydrogen) atoms. The Morgan fingerprint density at radius 1 is 1.32 bits per heavy atom. The molecule has 0 aromatic carbocycles. The van der Waals surface area contributed by atoms with E-state index in [4.69, 9.17) is 9.47 Å². The summed E-state index contributed by atoms with van der Waals surface area (Å²) in [6, 6.07) is 3.77. The van der Waals surface area contributed by atoms with Gasteiger partial charge in [0.05, 0.1) is 43.6 Å². The van der Waals surface area contributed by atoms with Crippen LogP contribution in [-0.4, -0.2) is 53.2 Å². The standard InChI is InChI=1S/C19H22F2N4O3/c1-3-28-18(26)15-9-24(11-22-15)6-12-4-5-17(23-16(12)10-27-2)25-7-13-14(8-25)19(13,20)21/h4-5,9,11,13-14H,3,6-8,10H2,1-2H3. The van der Waals surface area contributed by atoms with Gasteiger partial charge < -0.3 is 18.9 Å². The zero-order chi connectivity index (χ0) is 19.9. The number of carbonyl (C=O) groups is 1. The molecule has 0 bridgehead atoms. The van der Waals surface area contributed by atoms with Gasteiger partial charge in [-0.15, -0.1) is 0 Å². The summed E-state index contributed by atoms with van der Waals surface area (Å²) in [5, 5.41) is 0. The lowest BCUT2D eigenvalue weighted by Gasteiger charge is -2.22. The molecule has 1 saturated carbocycles. The molecule has 2 aromatic rings. The van der Waals surface area contributed by atoms with Crippen LogP contribution in [0.3, 0.4) is 0 Å². The molecule has 0 radical (unpaired) electrons. The summed E-state index contributed by atoms with van der Waals surface area (Å²) >= 11 is 0.